The highest BCUT2D eigenvalue weighted by Gasteiger charge is 2.10. The van der Waals surface area contributed by atoms with Gasteiger partial charge in [0.25, 0.3) is 0 Å². The Morgan fingerprint density at radius 3 is 2.56 bits per heavy atom. The van der Waals surface area contributed by atoms with Gasteiger partial charge in [0.05, 0.1) is 0 Å². The molecule has 0 saturated carbocycles. The molecular weight excluding hydrogens is 218 g/mol. The summed E-state index contributed by atoms with van der Waals surface area (Å²) >= 11 is 1.85. The van der Waals surface area contributed by atoms with Crippen molar-refractivity contribution in [3.63, 3.8) is 0 Å². The SMILES string of the molecule is CSCC(C)N(C)c1ccc(C(C)N)cn1. The van der Waals surface area contributed by atoms with E-state index in [0.29, 0.717) is 6.04 Å². The number of nitrogens with zero attached hydrogens (tertiary/aromatic N) is 2. The van der Waals surface area contributed by atoms with Gasteiger partial charge in [-0.25, -0.2) is 4.98 Å². The van der Waals surface area contributed by atoms with Gasteiger partial charge in [-0.2, -0.15) is 11.8 Å². The summed E-state index contributed by atoms with van der Waals surface area (Å²) in [6, 6.07) is 4.63. The second kappa shape index (κ2) is 6.11. The van der Waals surface area contributed by atoms with Gasteiger partial charge < -0.3 is 10.6 Å². The lowest BCUT2D eigenvalue weighted by Gasteiger charge is -2.25. The standard InChI is InChI=1S/C12H21N3S/c1-9(8-16-4)15(3)12-6-5-11(7-14-12)10(2)13/h5-7,9-10H,8,13H2,1-4H3. The summed E-state index contributed by atoms with van der Waals surface area (Å²) in [6.07, 6.45) is 3.99. The number of thioether (sulfide) groups is 1. The molecule has 2 N–H and O–H groups in total. The molecule has 0 saturated heterocycles. The van der Waals surface area contributed by atoms with Crippen LogP contribution < -0.4 is 10.6 Å². The molecule has 2 unspecified atom stereocenters. The van der Waals surface area contributed by atoms with E-state index >= 15 is 0 Å². The molecule has 0 fully saturated rings. The van der Waals surface area contributed by atoms with E-state index in [1.54, 1.807) is 0 Å². The van der Waals surface area contributed by atoms with E-state index in [4.69, 9.17) is 5.73 Å². The van der Waals surface area contributed by atoms with Crippen molar-refractivity contribution in [1.82, 2.24) is 4.98 Å². The van der Waals surface area contributed by atoms with E-state index in [1.165, 1.54) is 0 Å². The smallest absolute Gasteiger partial charge is 0.128 e. The van der Waals surface area contributed by atoms with Gasteiger partial charge in [-0.15, -0.1) is 0 Å². The van der Waals surface area contributed by atoms with Crippen molar-refractivity contribution in [3.05, 3.63) is 23.9 Å². The third-order valence-electron chi connectivity index (χ3n) is 2.73. The topological polar surface area (TPSA) is 42.1 Å². The Balaban J connectivity index is 2.73. The van der Waals surface area contributed by atoms with Crippen molar-refractivity contribution >= 4 is 17.6 Å². The molecular formula is C12H21N3S. The molecule has 0 aromatic carbocycles. The molecule has 0 amide bonds. The van der Waals surface area contributed by atoms with E-state index in [-0.39, 0.29) is 6.04 Å². The Labute approximate surface area is 102 Å². The number of hydrogen-bond acceptors (Lipinski definition) is 4. The van der Waals surface area contributed by atoms with Crippen LogP contribution in [0.2, 0.25) is 0 Å². The average molecular weight is 239 g/mol. The lowest BCUT2D eigenvalue weighted by Crippen LogP contribution is -2.31. The maximum absolute atomic E-state index is 5.79. The van der Waals surface area contributed by atoms with Crippen LogP contribution in [0.5, 0.6) is 0 Å². The Kier molecular flexibility index (Phi) is 5.09. The van der Waals surface area contributed by atoms with Gasteiger partial charge >= 0.3 is 0 Å². The highest BCUT2D eigenvalue weighted by atomic mass is 32.2. The third kappa shape index (κ3) is 3.39. The van der Waals surface area contributed by atoms with Crippen molar-refractivity contribution in [1.29, 1.82) is 0 Å². The van der Waals surface area contributed by atoms with E-state index in [1.807, 2.05) is 30.9 Å². The third-order valence-corrected chi connectivity index (χ3v) is 3.54. The second-order valence-electron chi connectivity index (χ2n) is 4.15. The van der Waals surface area contributed by atoms with Crippen LogP contribution in [0.3, 0.4) is 0 Å². The maximum Gasteiger partial charge on any atom is 0.128 e. The molecule has 0 aliphatic carbocycles. The summed E-state index contributed by atoms with van der Waals surface area (Å²) in [6.45, 7) is 4.17. The zero-order valence-corrected chi connectivity index (χ0v) is 11.3. The molecule has 0 aliphatic heterocycles. The molecule has 0 aliphatic rings. The van der Waals surface area contributed by atoms with Crippen LogP contribution >= 0.6 is 11.8 Å². The van der Waals surface area contributed by atoms with Crippen molar-refractivity contribution in [2.75, 3.05) is 24.0 Å². The molecule has 4 heteroatoms. The summed E-state index contributed by atoms with van der Waals surface area (Å²) in [5.41, 5.74) is 6.87. The molecule has 0 bridgehead atoms. The van der Waals surface area contributed by atoms with Crippen LogP contribution in [-0.4, -0.2) is 30.1 Å². The first-order valence-corrected chi connectivity index (χ1v) is 6.89. The Morgan fingerprint density at radius 1 is 1.44 bits per heavy atom. The first-order valence-electron chi connectivity index (χ1n) is 5.49. The zero-order valence-electron chi connectivity index (χ0n) is 10.5. The molecule has 90 valence electrons. The predicted molar refractivity (Wildman–Crippen MR) is 73.1 cm³/mol. The van der Waals surface area contributed by atoms with Gasteiger partial charge in [0.15, 0.2) is 0 Å². The number of hydrogen-bond donors (Lipinski definition) is 1. The minimum atomic E-state index is 0.0514. The number of aromatic nitrogens is 1. The van der Waals surface area contributed by atoms with Crippen LogP contribution in [0.1, 0.15) is 25.5 Å². The van der Waals surface area contributed by atoms with Crippen molar-refractivity contribution in [2.45, 2.75) is 25.9 Å². The maximum atomic E-state index is 5.79. The molecule has 1 aromatic rings. The van der Waals surface area contributed by atoms with Gasteiger partial charge in [0.1, 0.15) is 5.82 Å². The minimum absolute atomic E-state index is 0.0514. The van der Waals surface area contributed by atoms with E-state index < -0.39 is 0 Å². The van der Waals surface area contributed by atoms with Crippen LogP contribution in [0.15, 0.2) is 18.3 Å². The Morgan fingerprint density at radius 2 is 2.12 bits per heavy atom. The van der Waals surface area contributed by atoms with Crippen LogP contribution in [0, 0.1) is 0 Å². The van der Waals surface area contributed by atoms with Gasteiger partial charge in [-0.1, -0.05) is 6.07 Å². The molecule has 0 radical (unpaired) electrons. The zero-order chi connectivity index (χ0) is 12.1. The fourth-order valence-corrected chi connectivity index (χ4v) is 2.16. The molecule has 0 spiro atoms. The monoisotopic (exact) mass is 239 g/mol. The summed E-state index contributed by atoms with van der Waals surface area (Å²) in [7, 11) is 2.08. The fourth-order valence-electron chi connectivity index (χ4n) is 1.45. The number of pyridine rings is 1. The highest BCUT2D eigenvalue weighted by molar-refractivity contribution is 7.98. The predicted octanol–water partition coefficient (Wildman–Crippen LogP) is 2.29. The molecule has 1 aromatic heterocycles. The van der Waals surface area contributed by atoms with Gasteiger partial charge in [0, 0.05) is 31.1 Å². The van der Waals surface area contributed by atoms with E-state index in [2.05, 4.69) is 36.2 Å². The van der Waals surface area contributed by atoms with E-state index in [9.17, 15) is 0 Å². The van der Waals surface area contributed by atoms with Crippen molar-refractivity contribution in [2.24, 2.45) is 5.73 Å². The molecule has 1 heterocycles. The molecule has 16 heavy (non-hydrogen) atoms. The quantitative estimate of drug-likeness (QED) is 0.856. The van der Waals surface area contributed by atoms with Gasteiger partial charge in [0.2, 0.25) is 0 Å². The second-order valence-corrected chi connectivity index (χ2v) is 5.06. The summed E-state index contributed by atoms with van der Waals surface area (Å²) < 4.78 is 0. The van der Waals surface area contributed by atoms with Crippen molar-refractivity contribution < 1.29 is 0 Å². The van der Waals surface area contributed by atoms with Gasteiger partial charge in [-0.3, -0.25) is 0 Å². The normalized spacial score (nSPS) is 14.6. The first-order chi connectivity index (χ1) is 7.56. The lowest BCUT2D eigenvalue weighted by molar-refractivity contribution is 0.749. The average Bonchev–Trinajstić information content (AvgIpc) is 2.28. The number of nitrogens with two attached hydrogens (primary N) is 1. The first kappa shape index (κ1) is 13.3. The van der Waals surface area contributed by atoms with Crippen LogP contribution in [-0.2, 0) is 0 Å². The Bertz CT molecular complexity index is 311. The summed E-state index contributed by atoms with van der Waals surface area (Å²) in [5, 5.41) is 0. The van der Waals surface area contributed by atoms with E-state index in [0.717, 1.165) is 17.1 Å². The van der Waals surface area contributed by atoms with Gasteiger partial charge in [-0.05, 0) is 31.7 Å². The fraction of sp³-hybridized carbons (Fsp3) is 0.583. The van der Waals surface area contributed by atoms with Crippen LogP contribution in [0.4, 0.5) is 5.82 Å². The molecule has 2 atom stereocenters. The molecule has 1 rings (SSSR count). The number of rotatable bonds is 5. The number of anilines is 1. The highest BCUT2D eigenvalue weighted by Crippen LogP contribution is 2.16. The van der Waals surface area contributed by atoms with Crippen LogP contribution in [0.25, 0.3) is 0 Å². The summed E-state index contributed by atoms with van der Waals surface area (Å²) in [4.78, 5) is 6.64. The molecule has 3 nitrogen and oxygen atoms in total. The minimum Gasteiger partial charge on any atom is -0.356 e. The Hall–Kier alpha value is -0.740. The van der Waals surface area contributed by atoms with Crippen molar-refractivity contribution in [3.8, 4) is 0 Å². The lowest BCUT2D eigenvalue weighted by atomic mass is 10.1. The largest absolute Gasteiger partial charge is 0.356 e. The summed E-state index contributed by atoms with van der Waals surface area (Å²) in [5.74, 6) is 2.11.